The Bertz CT molecular complexity index is 382. The van der Waals surface area contributed by atoms with Crippen molar-refractivity contribution in [3.63, 3.8) is 0 Å². The Hall–Kier alpha value is -1.79. The smallest absolute Gasteiger partial charge is 0.456 e. The molecule has 0 amide bonds. The first-order valence-corrected chi connectivity index (χ1v) is 5.32. The number of rotatable bonds is 5. The lowest BCUT2D eigenvalue weighted by molar-refractivity contribution is -0.204. The van der Waals surface area contributed by atoms with Crippen LogP contribution in [0.15, 0.2) is 24.4 Å². The molecule has 18 heavy (non-hydrogen) atoms. The van der Waals surface area contributed by atoms with Gasteiger partial charge in [-0.15, -0.1) is 0 Å². The van der Waals surface area contributed by atoms with E-state index < -0.39 is 18.2 Å². The highest BCUT2D eigenvalue weighted by molar-refractivity contribution is 5.75. The molecule has 0 radical (unpaired) electrons. The Labute approximate surface area is 102 Å². The average Bonchev–Trinajstić information content (AvgIpc) is 2.29. The maximum atomic E-state index is 11.9. The van der Waals surface area contributed by atoms with Gasteiger partial charge in [0, 0.05) is 19.2 Å². The maximum absolute atomic E-state index is 11.9. The minimum absolute atomic E-state index is 0.262. The summed E-state index contributed by atoms with van der Waals surface area (Å²) in [6.45, 7) is 1.77. The van der Waals surface area contributed by atoms with Gasteiger partial charge in [-0.05, 0) is 19.1 Å². The van der Waals surface area contributed by atoms with E-state index in [0.717, 1.165) is 0 Å². The molecule has 1 N–H and O–H groups in total. The number of esters is 1. The van der Waals surface area contributed by atoms with Crippen LogP contribution in [0.1, 0.15) is 13.3 Å². The monoisotopic (exact) mass is 262 g/mol. The highest BCUT2D eigenvalue weighted by Crippen LogP contribution is 2.18. The number of ether oxygens (including phenoxy) is 1. The zero-order valence-corrected chi connectivity index (χ0v) is 9.70. The number of nitrogens with one attached hydrogen (secondary N) is 1. The van der Waals surface area contributed by atoms with Gasteiger partial charge in [0.05, 0.1) is 0 Å². The molecule has 0 spiro atoms. The Morgan fingerprint density at radius 3 is 2.78 bits per heavy atom. The third-order valence-corrected chi connectivity index (χ3v) is 2.06. The number of halogens is 3. The van der Waals surface area contributed by atoms with Crippen molar-refractivity contribution in [3.8, 4) is 0 Å². The van der Waals surface area contributed by atoms with E-state index in [1.807, 2.05) is 0 Å². The summed E-state index contributed by atoms with van der Waals surface area (Å²) in [5.74, 6) is -1.54. The fraction of sp³-hybridized carbons (Fsp3) is 0.455. The van der Waals surface area contributed by atoms with Gasteiger partial charge in [0.25, 0.3) is 0 Å². The van der Waals surface area contributed by atoms with Crippen LogP contribution in [-0.2, 0) is 9.53 Å². The van der Waals surface area contributed by atoms with Crippen LogP contribution in [0.2, 0.25) is 0 Å². The number of carbonyl (C=O) groups excluding carboxylic acids is 1. The number of carbonyl (C=O) groups is 1. The molecule has 0 aliphatic heterocycles. The number of anilines is 1. The molecule has 1 aromatic heterocycles. The van der Waals surface area contributed by atoms with Gasteiger partial charge in [-0.25, -0.2) is 9.78 Å². The van der Waals surface area contributed by atoms with Crippen molar-refractivity contribution < 1.29 is 22.7 Å². The van der Waals surface area contributed by atoms with Gasteiger partial charge in [0.15, 0.2) is 0 Å². The largest absolute Gasteiger partial charge is 0.490 e. The molecule has 0 fully saturated rings. The second-order valence-corrected chi connectivity index (χ2v) is 3.64. The molecule has 100 valence electrons. The molecule has 0 aliphatic carbocycles. The number of nitrogens with zero attached hydrogens (tertiary/aromatic N) is 1. The van der Waals surface area contributed by atoms with Crippen molar-refractivity contribution in [2.75, 3.05) is 11.9 Å². The van der Waals surface area contributed by atoms with Gasteiger partial charge in [0.2, 0.25) is 0 Å². The Kier molecular flexibility index (Phi) is 4.94. The zero-order valence-electron chi connectivity index (χ0n) is 9.70. The van der Waals surface area contributed by atoms with Gasteiger partial charge in [-0.1, -0.05) is 6.07 Å². The summed E-state index contributed by atoms with van der Waals surface area (Å²) in [7, 11) is 0. The molecule has 0 aliphatic rings. The van der Waals surface area contributed by atoms with Crippen LogP contribution in [0, 0.1) is 0 Å². The Morgan fingerprint density at radius 1 is 1.50 bits per heavy atom. The van der Waals surface area contributed by atoms with Crippen molar-refractivity contribution >= 4 is 11.8 Å². The molecule has 4 nitrogen and oxygen atoms in total. The van der Waals surface area contributed by atoms with Gasteiger partial charge >= 0.3 is 12.1 Å². The van der Waals surface area contributed by atoms with Crippen molar-refractivity contribution in [1.82, 2.24) is 4.98 Å². The van der Waals surface area contributed by atoms with E-state index in [2.05, 4.69) is 15.0 Å². The lowest BCUT2D eigenvalue weighted by Crippen LogP contribution is -2.29. The summed E-state index contributed by atoms with van der Waals surface area (Å²) in [6.07, 6.45) is -3.90. The van der Waals surface area contributed by atoms with Crippen molar-refractivity contribution in [1.29, 1.82) is 0 Å². The van der Waals surface area contributed by atoms with Gasteiger partial charge < -0.3 is 10.1 Å². The molecule has 0 saturated heterocycles. The van der Waals surface area contributed by atoms with E-state index in [0.29, 0.717) is 12.4 Å². The summed E-state index contributed by atoms with van der Waals surface area (Å²) in [4.78, 5) is 14.5. The first kappa shape index (κ1) is 14.3. The SMILES string of the molecule is CC(CCNc1ccccn1)OC(=O)C(F)(F)F. The fourth-order valence-corrected chi connectivity index (χ4v) is 1.18. The molecule has 0 saturated carbocycles. The van der Waals surface area contributed by atoms with Crippen molar-refractivity contribution in [2.24, 2.45) is 0 Å². The van der Waals surface area contributed by atoms with Gasteiger partial charge in [0.1, 0.15) is 11.9 Å². The predicted molar refractivity (Wildman–Crippen MR) is 59.0 cm³/mol. The van der Waals surface area contributed by atoms with E-state index in [4.69, 9.17) is 0 Å². The summed E-state index contributed by atoms with van der Waals surface area (Å²) < 4.78 is 39.9. The van der Waals surface area contributed by atoms with Crippen molar-refractivity contribution in [3.05, 3.63) is 24.4 Å². The second kappa shape index (κ2) is 6.23. The number of hydrogen-bond acceptors (Lipinski definition) is 4. The average molecular weight is 262 g/mol. The topological polar surface area (TPSA) is 51.2 Å². The fourth-order valence-electron chi connectivity index (χ4n) is 1.18. The number of hydrogen-bond donors (Lipinski definition) is 1. The van der Waals surface area contributed by atoms with Crippen molar-refractivity contribution in [2.45, 2.75) is 25.6 Å². The second-order valence-electron chi connectivity index (χ2n) is 3.64. The lowest BCUT2D eigenvalue weighted by Gasteiger charge is -2.14. The van der Waals surface area contributed by atoms with Crippen LogP contribution < -0.4 is 5.32 Å². The quantitative estimate of drug-likeness (QED) is 0.828. The third kappa shape index (κ3) is 5.03. The van der Waals surface area contributed by atoms with E-state index in [9.17, 15) is 18.0 Å². The van der Waals surface area contributed by atoms with Crippen LogP contribution >= 0.6 is 0 Å². The Balaban J connectivity index is 2.26. The van der Waals surface area contributed by atoms with E-state index >= 15 is 0 Å². The molecule has 1 unspecified atom stereocenters. The van der Waals surface area contributed by atoms with E-state index in [1.165, 1.54) is 6.92 Å². The molecule has 1 heterocycles. The summed E-state index contributed by atoms with van der Waals surface area (Å²) >= 11 is 0. The number of alkyl halides is 3. The number of aromatic nitrogens is 1. The van der Waals surface area contributed by atoms with Crippen LogP contribution in [0.3, 0.4) is 0 Å². The molecule has 0 bridgehead atoms. The first-order chi connectivity index (χ1) is 8.39. The summed E-state index contributed by atoms with van der Waals surface area (Å²) in [5, 5.41) is 2.90. The molecular formula is C11H13F3N2O2. The predicted octanol–water partition coefficient (Wildman–Crippen LogP) is 2.38. The minimum atomic E-state index is -4.94. The van der Waals surface area contributed by atoms with Crippen LogP contribution in [0.5, 0.6) is 0 Å². The molecular weight excluding hydrogens is 249 g/mol. The minimum Gasteiger partial charge on any atom is -0.456 e. The highest BCUT2D eigenvalue weighted by atomic mass is 19.4. The standard InChI is InChI=1S/C11H13F3N2O2/c1-8(18-10(17)11(12,13)14)5-7-16-9-4-2-3-6-15-9/h2-4,6,8H,5,7H2,1H3,(H,15,16). The lowest BCUT2D eigenvalue weighted by atomic mass is 10.3. The van der Waals surface area contributed by atoms with Crippen LogP contribution in [-0.4, -0.2) is 29.8 Å². The maximum Gasteiger partial charge on any atom is 0.490 e. The molecule has 0 aromatic carbocycles. The molecule has 1 rings (SSSR count). The third-order valence-electron chi connectivity index (χ3n) is 2.06. The molecule has 7 heteroatoms. The highest BCUT2D eigenvalue weighted by Gasteiger charge is 2.41. The van der Waals surface area contributed by atoms with Gasteiger partial charge in [-0.2, -0.15) is 13.2 Å². The van der Waals surface area contributed by atoms with Crippen LogP contribution in [0.25, 0.3) is 0 Å². The van der Waals surface area contributed by atoms with E-state index in [1.54, 1.807) is 24.4 Å². The summed E-state index contributed by atoms with van der Waals surface area (Å²) in [6, 6.07) is 5.26. The Morgan fingerprint density at radius 2 is 2.22 bits per heavy atom. The first-order valence-electron chi connectivity index (χ1n) is 5.32. The zero-order chi connectivity index (χ0) is 13.6. The molecule has 1 atom stereocenters. The van der Waals surface area contributed by atoms with Crippen LogP contribution in [0.4, 0.5) is 19.0 Å². The van der Waals surface area contributed by atoms with E-state index in [-0.39, 0.29) is 6.42 Å². The van der Waals surface area contributed by atoms with Gasteiger partial charge in [-0.3, -0.25) is 0 Å². The normalized spacial score (nSPS) is 12.9. The number of pyridine rings is 1. The summed E-state index contributed by atoms with van der Waals surface area (Å²) in [5.41, 5.74) is 0. The molecule has 1 aromatic rings.